The molecule has 0 heterocycles. The summed E-state index contributed by atoms with van der Waals surface area (Å²) in [5, 5.41) is 17.0. The van der Waals surface area contributed by atoms with E-state index in [0.29, 0.717) is 6.08 Å². The van der Waals surface area contributed by atoms with Crippen molar-refractivity contribution in [2.24, 2.45) is 5.92 Å². The van der Waals surface area contributed by atoms with Crippen LogP contribution in [0.25, 0.3) is 0 Å². The van der Waals surface area contributed by atoms with E-state index < -0.39 is 17.9 Å². The molecule has 0 saturated heterocycles. The van der Waals surface area contributed by atoms with E-state index >= 15 is 0 Å². The zero-order valence-electron chi connectivity index (χ0n) is 7.48. The Hall–Kier alpha value is -1.36. The minimum absolute atomic E-state index is 0.158. The average molecular weight is 188 g/mol. The van der Waals surface area contributed by atoms with Crippen molar-refractivity contribution in [3.63, 3.8) is 0 Å². The molecule has 0 amide bonds. The lowest BCUT2D eigenvalue weighted by Gasteiger charge is -2.09. The van der Waals surface area contributed by atoms with Gasteiger partial charge in [-0.2, -0.15) is 0 Å². The fourth-order valence-corrected chi connectivity index (χ4v) is 0.888. The van der Waals surface area contributed by atoms with Gasteiger partial charge in [0.1, 0.15) is 0 Å². The summed E-state index contributed by atoms with van der Waals surface area (Å²) < 4.78 is 4.72. The molecule has 1 atom stereocenters. The molecule has 0 aromatic carbocycles. The van der Waals surface area contributed by atoms with Crippen LogP contribution in [0.1, 0.15) is 6.92 Å². The minimum atomic E-state index is -1.26. The first-order chi connectivity index (χ1) is 5.99. The van der Waals surface area contributed by atoms with Crippen molar-refractivity contribution in [1.29, 1.82) is 0 Å². The SMILES string of the molecule is COCC(C)/C(=C/C(=O)O)C(=O)O. The van der Waals surface area contributed by atoms with E-state index in [1.807, 2.05) is 0 Å². The molecule has 5 heteroatoms. The quantitative estimate of drug-likeness (QED) is 0.609. The van der Waals surface area contributed by atoms with E-state index in [2.05, 4.69) is 0 Å². The Kier molecular flexibility index (Phi) is 4.76. The Bertz CT molecular complexity index is 231. The number of rotatable bonds is 5. The van der Waals surface area contributed by atoms with Crippen LogP contribution in [0.3, 0.4) is 0 Å². The Morgan fingerprint density at radius 3 is 2.31 bits per heavy atom. The Morgan fingerprint density at radius 2 is 2.00 bits per heavy atom. The van der Waals surface area contributed by atoms with Crippen LogP contribution >= 0.6 is 0 Å². The van der Waals surface area contributed by atoms with Crippen molar-refractivity contribution in [1.82, 2.24) is 0 Å². The summed E-state index contributed by atoms with van der Waals surface area (Å²) in [6.45, 7) is 1.78. The highest BCUT2D eigenvalue weighted by molar-refractivity contribution is 5.95. The summed E-state index contributed by atoms with van der Waals surface area (Å²) in [6.07, 6.45) is 0.687. The number of aliphatic carboxylic acids is 2. The molecule has 1 unspecified atom stereocenters. The Morgan fingerprint density at radius 1 is 1.46 bits per heavy atom. The summed E-state index contributed by atoms with van der Waals surface area (Å²) in [6, 6.07) is 0. The second kappa shape index (κ2) is 5.31. The summed E-state index contributed by atoms with van der Waals surface area (Å²) in [4.78, 5) is 20.8. The van der Waals surface area contributed by atoms with Gasteiger partial charge in [0.25, 0.3) is 0 Å². The standard InChI is InChI=1S/C8H12O5/c1-5(4-13-2)6(8(11)12)3-7(9)10/h3,5H,4H2,1-2H3,(H,9,10)(H,11,12)/b6-3-. The van der Waals surface area contributed by atoms with Gasteiger partial charge in [-0.1, -0.05) is 6.92 Å². The third kappa shape index (κ3) is 4.27. The van der Waals surface area contributed by atoms with Crippen molar-refractivity contribution in [2.75, 3.05) is 13.7 Å². The third-order valence-corrected chi connectivity index (χ3v) is 1.47. The van der Waals surface area contributed by atoms with Crippen LogP contribution in [0.5, 0.6) is 0 Å². The van der Waals surface area contributed by atoms with Gasteiger partial charge in [-0.15, -0.1) is 0 Å². The summed E-state index contributed by atoms with van der Waals surface area (Å²) >= 11 is 0. The van der Waals surface area contributed by atoms with E-state index in [0.717, 1.165) is 0 Å². The maximum absolute atomic E-state index is 10.6. The van der Waals surface area contributed by atoms with Crippen LogP contribution < -0.4 is 0 Å². The molecular formula is C8H12O5. The maximum atomic E-state index is 10.6. The number of hydrogen-bond acceptors (Lipinski definition) is 3. The van der Waals surface area contributed by atoms with Gasteiger partial charge >= 0.3 is 11.9 Å². The van der Waals surface area contributed by atoms with Crippen molar-refractivity contribution in [2.45, 2.75) is 6.92 Å². The van der Waals surface area contributed by atoms with Crippen molar-refractivity contribution < 1.29 is 24.5 Å². The van der Waals surface area contributed by atoms with Gasteiger partial charge in [-0.3, -0.25) is 0 Å². The summed E-state index contributed by atoms with van der Waals surface area (Å²) in [5.41, 5.74) is -0.158. The molecule has 0 aliphatic carbocycles. The lowest BCUT2D eigenvalue weighted by Crippen LogP contribution is -2.16. The monoisotopic (exact) mass is 188 g/mol. The van der Waals surface area contributed by atoms with E-state index in [4.69, 9.17) is 14.9 Å². The topological polar surface area (TPSA) is 83.8 Å². The van der Waals surface area contributed by atoms with Crippen molar-refractivity contribution in [3.05, 3.63) is 11.6 Å². The van der Waals surface area contributed by atoms with Gasteiger partial charge in [0.2, 0.25) is 0 Å². The molecule has 2 N–H and O–H groups in total. The number of methoxy groups -OCH3 is 1. The van der Waals surface area contributed by atoms with E-state index in [1.54, 1.807) is 6.92 Å². The molecule has 0 bridgehead atoms. The normalized spacial score (nSPS) is 13.8. The first-order valence-electron chi connectivity index (χ1n) is 3.65. The molecular weight excluding hydrogens is 176 g/mol. The maximum Gasteiger partial charge on any atom is 0.332 e. The van der Waals surface area contributed by atoms with Crippen LogP contribution in [0.2, 0.25) is 0 Å². The van der Waals surface area contributed by atoms with Gasteiger partial charge in [0.15, 0.2) is 0 Å². The van der Waals surface area contributed by atoms with E-state index in [9.17, 15) is 9.59 Å². The summed E-state index contributed by atoms with van der Waals surface area (Å²) in [5.74, 6) is -2.93. The van der Waals surface area contributed by atoms with Crippen molar-refractivity contribution >= 4 is 11.9 Å². The van der Waals surface area contributed by atoms with E-state index in [-0.39, 0.29) is 12.2 Å². The molecule has 0 radical (unpaired) electrons. The largest absolute Gasteiger partial charge is 0.478 e. The van der Waals surface area contributed by atoms with Gasteiger partial charge < -0.3 is 14.9 Å². The number of carboxylic acids is 2. The minimum Gasteiger partial charge on any atom is -0.478 e. The number of carbonyl (C=O) groups is 2. The Balaban J connectivity index is 4.60. The van der Waals surface area contributed by atoms with Gasteiger partial charge in [0.05, 0.1) is 6.61 Å². The second-order valence-corrected chi connectivity index (χ2v) is 2.60. The lowest BCUT2D eigenvalue weighted by atomic mass is 10.0. The molecule has 0 spiro atoms. The highest BCUT2D eigenvalue weighted by Gasteiger charge is 2.17. The van der Waals surface area contributed by atoms with E-state index in [1.165, 1.54) is 7.11 Å². The first kappa shape index (κ1) is 11.6. The highest BCUT2D eigenvalue weighted by atomic mass is 16.5. The van der Waals surface area contributed by atoms with Crippen LogP contribution in [0.15, 0.2) is 11.6 Å². The third-order valence-electron chi connectivity index (χ3n) is 1.47. The smallest absolute Gasteiger partial charge is 0.332 e. The van der Waals surface area contributed by atoms with Gasteiger partial charge in [-0.25, -0.2) is 9.59 Å². The molecule has 0 rings (SSSR count). The number of carboxylic acid groups (broad SMARTS) is 2. The fraction of sp³-hybridized carbons (Fsp3) is 0.500. The predicted molar refractivity (Wildman–Crippen MR) is 44.4 cm³/mol. The fourth-order valence-electron chi connectivity index (χ4n) is 0.888. The van der Waals surface area contributed by atoms with Crippen LogP contribution in [-0.2, 0) is 14.3 Å². The summed E-state index contributed by atoms with van der Waals surface area (Å²) in [7, 11) is 1.43. The van der Waals surface area contributed by atoms with Crippen LogP contribution in [0.4, 0.5) is 0 Å². The molecule has 5 nitrogen and oxygen atoms in total. The van der Waals surface area contributed by atoms with Crippen LogP contribution in [0, 0.1) is 5.92 Å². The highest BCUT2D eigenvalue weighted by Crippen LogP contribution is 2.10. The molecule has 0 aliphatic heterocycles. The number of ether oxygens (including phenoxy) is 1. The van der Waals surface area contributed by atoms with Gasteiger partial charge in [0, 0.05) is 24.7 Å². The van der Waals surface area contributed by atoms with Gasteiger partial charge in [-0.05, 0) is 0 Å². The Labute approximate surface area is 75.6 Å². The zero-order chi connectivity index (χ0) is 10.4. The molecule has 13 heavy (non-hydrogen) atoms. The van der Waals surface area contributed by atoms with Crippen molar-refractivity contribution in [3.8, 4) is 0 Å². The predicted octanol–water partition coefficient (Wildman–Crippen LogP) is 0.364. The molecule has 74 valence electrons. The lowest BCUT2D eigenvalue weighted by molar-refractivity contribution is -0.135. The second-order valence-electron chi connectivity index (χ2n) is 2.60. The number of hydrogen-bond donors (Lipinski definition) is 2. The first-order valence-corrected chi connectivity index (χ1v) is 3.65. The molecule has 0 fully saturated rings. The molecule has 0 aromatic rings. The average Bonchev–Trinajstić information content (AvgIpc) is 1.99. The molecule has 0 saturated carbocycles. The zero-order valence-corrected chi connectivity index (χ0v) is 7.48. The molecule has 0 aliphatic rings. The van der Waals surface area contributed by atoms with Crippen LogP contribution in [-0.4, -0.2) is 35.9 Å². The molecule has 0 aromatic heterocycles.